The van der Waals surface area contributed by atoms with Crippen molar-refractivity contribution in [1.29, 1.82) is 0 Å². The monoisotopic (exact) mass is 243 g/mol. The number of carboxylic acids is 1. The summed E-state index contributed by atoms with van der Waals surface area (Å²) in [5.74, 6) is -0.233. The summed E-state index contributed by atoms with van der Waals surface area (Å²) in [4.78, 5) is 16.9. The molecule has 0 amide bonds. The van der Waals surface area contributed by atoms with Crippen molar-refractivity contribution in [3.63, 3.8) is 0 Å². The molecule has 1 aliphatic heterocycles. The summed E-state index contributed by atoms with van der Waals surface area (Å²) in [6.45, 7) is 3.57. The zero-order valence-corrected chi connectivity index (χ0v) is 9.54. The summed E-state index contributed by atoms with van der Waals surface area (Å²) in [7, 11) is 0. The van der Waals surface area contributed by atoms with Crippen LogP contribution in [0.4, 0.5) is 5.82 Å². The Morgan fingerprint density at radius 2 is 2.06 bits per heavy atom. The van der Waals surface area contributed by atoms with Gasteiger partial charge in [0.05, 0.1) is 0 Å². The average Bonchev–Trinajstić information content (AvgIpc) is 2.30. The topological polar surface area (TPSA) is 65.5 Å². The molecular formula is C10H14ClN3O2. The number of carbonyl (C=O) groups is 1. The first kappa shape index (κ1) is 12.7. The Balaban J connectivity index is 0.00000128. The van der Waals surface area contributed by atoms with Gasteiger partial charge >= 0.3 is 5.97 Å². The molecule has 16 heavy (non-hydrogen) atoms. The van der Waals surface area contributed by atoms with Gasteiger partial charge in [0.1, 0.15) is 5.82 Å². The van der Waals surface area contributed by atoms with Crippen molar-refractivity contribution in [1.82, 2.24) is 10.3 Å². The Kier molecular flexibility index (Phi) is 4.52. The van der Waals surface area contributed by atoms with Gasteiger partial charge in [0, 0.05) is 26.2 Å². The number of carboxylic acid groups (broad SMARTS) is 1. The van der Waals surface area contributed by atoms with Crippen molar-refractivity contribution in [2.75, 3.05) is 31.1 Å². The minimum absolute atomic E-state index is 0. The van der Waals surface area contributed by atoms with E-state index >= 15 is 0 Å². The van der Waals surface area contributed by atoms with Gasteiger partial charge in [-0.1, -0.05) is 6.07 Å². The lowest BCUT2D eigenvalue weighted by molar-refractivity contribution is 0.0690. The number of hydrogen-bond donors (Lipinski definition) is 2. The van der Waals surface area contributed by atoms with E-state index in [-0.39, 0.29) is 18.1 Å². The molecule has 0 spiro atoms. The van der Waals surface area contributed by atoms with Gasteiger partial charge in [-0.05, 0) is 12.1 Å². The van der Waals surface area contributed by atoms with E-state index in [0.717, 1.165) is 32.0 Å². The minimum atomic E-state index is -0.980. The molecule has 0 radical (unpaired) electrons. The van der Waals surface area contributed by atoms with Gasteiger partial charge in [-0.3, -0.25) is 0 Å². The second kappa shape index (κ2) is 5.67. The Morgan fingerprint density at radius 1 is 1.38 bits per heavy atom. The molecule has 0 atom stereocenters. The van der Waals surface area contributed by atoms with Crippen LogP contribution in [0.1, 0.15) is 10.5 Å². The van der Waals surface area contributed by atoms with E-state index in [1.807, 2.05) is 6.07 Å². The summed E-state index contributed by atoms with van der Waals surface area (Å²) in [5, 5.41) is 12.1. The molecule has 6 heteroatoms. The van der Waals surface area contributed by atoms with Crippen molar-refractivity contribution in [2.24, 2.45) is 0 Å². The van der Waals surface area contributed by atoms with E-state index < -0.39 is 5.97 Å². The number of nitrogens with zero attached hydrogens (tertiary/aromatic N) is 2. The van der Waals surface area contributed by atoms with Gasteiger partial charge in [-0.2, -0.15) is 0 Å². The fourth-order valence-electron chi connectivity index (χ4n) is 1.61. The molecule has 1 aliphatic rings. The Morgan fingerprint density at radius 3 is 2.69 bits per heavy atom. The van der Waals surface area contributed by atoms with Gasteiger partial charge in [0.2, 0.25) is 0 Å². The second-order valence-electron chi connectivity index (χ2n) is 3.42. The van der Waals surface area contributed by atoms with Crippen LogP contribution in [0.3, 0.4) is 0 Å². The minimum Gasteiger partial charge on any atom is -0.477 e. The Hall–Kier alpha value is -1.33. The van der Waals surface area contributed by atoms with Crippen LogP contribution >= 0.6 is 12.4 Å². The van der Waals surface area contributed by atoms with Crippen molar-refractivity contribution < 1.29 is 9.90 Å². The quantitative estimate of drug-likeness (QED) is 0.797. The highest BCUT2D eigenvalue weighted by atomic mass is 35.5. The van der Waals surface area contributed by atoms with Crippen LogP contribution in [0.25, 0.3) is 0 Å². The van der Waals surface area contributed by atoms with E-state index in [4.69, 9.17) is 5.11 Å². The molecule has 1 saturated heterocycles. The van der Waals surface area contributed by atoms with Gasteiger partial charge in [-0.15, -0.1) is 12.4 Å². The van der Waals surface area contributed by atoms with Crippen LogP contribution in [0.2, 0.25) is 0 Å². The third kappa shape index (κ3) is 2.84. The normalized spacial score (nSPS) is 15.4. The third-order valence-corrected chi connectivity index (χ3v) is 2.39. The molecule has 0 saturated carbocycles. The van der Waals surface area contributed by atoms with E-state index in [0.29, 0.717) is 0 Å². The molecule has 1 fully saturated rings. The number of piperazine rings is 1. The van der Waals surface area contributed by atoms with Gasteiger partial charge in [0.25, 0.3) is 0 Å². The highest BCUT2D eigenvalue weighted by Gasteiger charge is 2.13. The van der Waals surface area contributed by atoms with Crippen LogP contribution in [0.5, 0.6) is 0 Å². The van der Waals surface area contributed by atoms with E-state index in [1.165, 1.54) is 6.07 Å². The maximum atomic E-state index is 10.7. The molecule has 0 unspecified atom stereocenters. The van der Waals surface area contributed by atoms with Crippen LogP contribution in [0, 0.1) is 0 Å². The fourth-order valence-corrected chi connectivity index (χ4v) is 1.61. The van der Waals surface area contributed by atoms with Crippen molar-refractivity contribution in [3.05, 3.63) is 23.9 Å². The SMILES string of the molecule is Cl.O=C(O)c1cccc(N2CCNCC2)n1. The first-order valence-electron chi connectivity index (χ1n) is 4.93. The summed E-state index contributed by atoms with van der Waals surface area (Å²) in [6, 6.07) is 5.08. The Labute approximate surface area is 99.9 Å². The summed E-state index contributed by atoms with van der Waals surface area (Å²) in [5.41, 5.74) is 0.103. The molecule has 2 heterocycles. The lowest BCUT2D eigenvalue weighted by Gasteiger charge is -2.28. The molecule has 2 rings (SSSR count). The average molecular weight is 244 g/mol. The molecule has 1 aromatic rings. The summed E-state index contributed by atoms with van der Waals surface area (Å²) in [6.07, 6.45) is 0. The van der Waals surface area contributed by atoms with Gasteiger partial charge in [-0.25, -0.2) is 9.78 Å². The maximum Gasteiger partial charge on any atom is 0.354 e. The molecule has 1 aromatic heterocycles. The second-order valence-corrected chi connectivity index (χ2v) is 3.42. The summed E-state index contributed by atoms with van der Waals surface area (Å²) < 4.78 is 0. The molecule has 0 aliphatic carbocycles. The number of halogens is 1. The molecule has 0 aromatic carbocycles. The van der Waals surface area contributed by atoms with Crippen LogP contribution < -0.4 is 10.2 Å². The molecular weight excluding hydrogens is 230 g/mol. The number of nitrogens with one attached hydrogen (secondary N) is 1. The largest absolute Gasteiger partial charge is 0.477 e. The van der Waals surface area contributed by atoms with E-state index in [1.54, 1.807) is 6.07 Å². The third-order valence-electron chi connectivity index (χ3n) is 2.39. The number of aromatic nitrogens is 1. The van der Waals surface area contributed by atoms with Gasteiger partial charge in [0.15, 0.2) is 5.69 Å². The number of anilines is 1. The highest BCUT2D eigenvalue weighted by Crippen LogP contribution is 2.11. The smallest absolute Gasteiger partial charge is 0.354 e. The number of pyridine rings is 1. The standard InChI is InChI=1S/C10H13N3O2.ClH/c14-10(15)8-2-1-3-9(12-8)13-6-4-11-5-7-13;/h1-3,11H,4-7H2,(H,14,15);1H. The molecule has 88 valence electrons. The Bertz CT molecular complexity index is 367. The first-order valence-corrected chi connectivity index (χ1v) is 4.93. The van der Waals surface area contributed by atoms with E-state index in [9.17, 15) is 4.79 Å². The zero-order valence-electron chi connectivity index (χ0n) is 8.72. The van der Waals surface area contributed by atoms with Gasteiger partial charge < -0.3 is 15.3 Å². The fraction of sp³-hybridized carbons (Fsp3) is 0.400. The van der Waals surface area contributed by atoms with Crippen molar-refractivity contribution >= 4 is 24.2 Å². The first-order chi connectivity index (χ1) is 7.27. The molecule has 5 nitrogen and oxygen atoms in total. The molecule has 2 N–H and O–H groups in total. The summed E-state index contributed by atoms with van der Waals surface area (Å²) >= 11 is 0. The molecule has 0 bridgehead atoms. The maximum absolute atomic E-state index is 10.7. The van der Waals surface area contributed by atoms with Crippen LogP contribution in [-0.2, 0) is 0 Å². The van der Waals surface area contributed by atoms with Crippen LogP contribution in [0.15, 0.2) is 18.2 Å². The van der Waals surface area contributed by atoms with Crippen molar-refractivity contribution in [2.45, 2.75) is 0 Å². The van der Waals surface area contributed by atoms with Crippen LogP contribution in [-0.4, -0.2) is 42.2 Å². The highest BCUT2D eigenvalue weighted by molar-refractivity contribution is 5.86. The lowest BCUT2D eigenvalue weighted by atomic mass is 10.3. The number of rotatable bonds is 2. The number of aromatic carboxylic acids is 1. The lowest BCUT2D eigenvalue weighted by Crippen LogP contribution is -2.44. The zero-order chi connectivity index (χ0) is 10.7. The predicted octanol–water partition coefficient (Wildman–Crippen LogP) is 0.611. The van der Waals surface area contributed by atoms with Crippen molar-refractivity contribution in [3.8, 4) is 0 Å². The predicted molar refractivity (Wildman–Crippen MR) is 63.5 cm³/mol. The number of hydrogen-bond acceptors (Lipinski definition) is 4. The van der Waals surface area contributed by atoms with E-state index in [2.05, 4.69) is 15.2 Å².